The Morgan fingerprint density at radius 2 is 2.15 bits per heavy atom. The summed E-state index contributed by atoms with van der Waals surface area (Å²) in [6.07, 6.45) is 1.48. The number of carboxylic acid groups (broad SMARTS) is 1. The number of rotatable bonds is 3. The number of carbonyl (C=O) groups excluding carboxylic acids is 1. The van der Waals surface area contributed by atoms with Crippen molar-refractivity contribution >= 4 is 34.0 Å². The van der Waals surface area contributed by atoms with E-state index in [9.17, 15) is 9.90 Å². The second kappa shape index (κ2) is 5.42. The first-order chi connectivity index (χ1) is 9.65. The molecule has 0 amide bonds. The van der Waals surface area contributed by atoms with Crippen molar-refractivity contribution in [2.45, 2.75) is 18.9 Å². The molecule has 0 aliphatic carbocycles. The zero-order valence-electron chi connectivity index (χ0n) is 10.6. The summed E-state index contributed by atoms with van der Waals surface area (Å²) in [5.41, 5.74) is 1.81. The summed E-state index contributed by atoms with van der Waals surface area (Å²) in [5, 5.41) is 14.5. The van der Waals surface area contributed by atoms with Crippen LogP contribution in [0.25, 0.3) is 11.3 Å². The monoisotopic (exact) mass is 307 g/mol. The van der Waals surface area contributed by atoms with Crippen molar-refractivity contribution in [1.29, 1.82) is 0 Å². The molecule has 2 heterocycles. The van der Waals surface area contributed by atoms with Crippen LogP contribution >= 0.6 is 22.9 Å². The van der Waals surface area contributed by atoms with Gasteiger partial charge in [-0.3, -0.25) is 0 Å². The Kier molecular flexibility index (Phi) is 3.63. The molecule has 1 aromatic carbocycles. The number of halogens is 1. The van der Waals surface area contributed by atoms with Crippen molar-refractivity contribution in [3.8, 4) is 11.3 Å². The van der Waals surface area contributed by atoms with Gasteiger partial charge in [0, 0.05) is 22.5 Å². The molecule has 3 rings (SSSR count). The zero-order chi connectivity index (χ0) is 14.1. The van der Waals surface area contributed by atoms with Crippen molar-refractivity contribution in [3.63, 3.8) is 0 Å². The summed E-state index contributed by atoms with van der Waals surface area (Å²) in [7, 11) is 0. The van der Waals surface area contributed by atoms with Gasteiger partial charge in [-0.05, 0) is 25.0 Å². The molecule has 20 heavy (non-hydrogen) atoms. The van der Waals surface area contributed by atoms with E-state index in [2.05, 4.69) is 4.98 Å². The van der Waals surface area contributed by atoms with Crippen molar-refractivity contribution in [2.24, 2.45) is 0 Å². The number of aromatic nitrogens is 1. The molecular weight excluding hydrogens is 296 g/mol. The van der Waals surface area contributed by atoms with Gasteiger partial charge < -0.3 is 14.8 Å². The maximum absolute atomic E-state index is 11.1. The molecule has 1 fully saturated rings. The second-order valence-electron chi connectivity index (χ2n) is 4.69. The van der Waals surface area contributed by atoms with Gasteiger partial charge in [-0.1, -0.05) is 23.7 Å². The molecule has 1 aliphatic rings. The van der Waals surface area contributed by atoms with E-state index in [0.717, 1.165) is 22.8 Å². The smallest absolute Gasteiger partial charge is 0.186 e. The molecule has 104 valence electrons. The van der Waals surface area contributed by atoms with Gasteiger partial charge in [0.05, 0.1) is 17.7 Å². The van der Waals surface area contributed by atoms with Crippen molar-refractivity contribution in [2.75, 3.05) is 11.4 Å². The van der Waals surface area contributed by atoms with Crippen LogP contribution in [-0.4, -0.2) is 23.5 Å². The SMILES string of the molecule is O=C([O-])[C@H]1CCCN1c1nc(-c2ccc(Cl)cc2)cs1. The highest BCUT2D eigenvalue weighted by Crippen LogP contribution is 2.32. The van der Waals surface area contributed by atoms with Crippen LogP contribution in [0.2, 0.25) is 5.02 Å². The minimum absolute atomic E-state index is 0.556. The van der Waals surface area contributed by atoms with Crippen LogP contribution in [0.15, 0.2) is 29.6 Å². The molecular formula is C14H12ClN2O2S-. The normalized spacial score (nSPS) is 18.4. The van der Waals surface area contributed by atoms with E-state index in [4.69, 9.17) is 11.6 Å². The summed E-state index contributed by atoms with van der Waals surface area (Å²) in [6.45, 7) is 0.715. The van der Waals surface area contributed by atoms with E-state index in [1.807, 2.05) is 34.5 Å². The summed E-state index contributed by atoms with van der Waals surface area (Å²) >= 11 is 7.32. The van der Waals surface area contributed by atoms with Gasteiger partial charge in [0.25, 0.3) is 0 Å². The number of benzene rings is 1. The van der Waals surface area contributed by atoms with E-state index in [1.165, 1.54) is 11.3 Å². The van der Waals surface area contributed by atoms with Crippen LogP contribution in [0.3, 0.4) is 0 Å². The third-order valence-electron chi connectivity index (χ3n) is 3.40. The highest BCUT2D eigenvalue weighted by molar-refractivity contribution is 7.14. The molecule has 0 unspecified atom stereocenters. The molecule has 4 nitrogen and oxygen atoms in total. The number of nitrogens with zero attached hydrogens (tertiary/aromatic N) is 2. The maximum Gasteiger partial charge on any atom is 0.186 e. The lowest BCUT2D eigenvalue weighted by Gasteiger charge is -2.24. The third kappa shape index (κ3) is 2.51. The van der Waals surface area contributed by atoms with Crippen LogP contribution in [-0.2, 0) is 4.79 Å². The predicted octanol–water partition coefficient (Wildman–Crippen LogP) is 2.18. The number of carboxylic acids is 1. The lowest BCUT2D eigenvalue weighted by atomic mass is 10.2. The number of anilines is 1. The van der Waals surface area contributed by atoms with Gasteiger partial charge in [-0.25, -0.2) is 4.98 Å². The molecule has 0 saturated carbocycles. The Labute approximate surface area is 125 Å². The molecule has 1 aliphatic heterocycles. The van der Waals surface area contributed by atoms with Gasteiger partial charge in [-0.15, -0.1) is 11.3 Å². The van der Waals surface area contributed by atoms with Crippen LogP contribution < -0.4 is 10.0 Å². The van der Waals surface area contributed by atoms with Crippen molar-refractivity contribution < 1.29 is 9.90 Å². The molecule has 1 saturated heterocycles. The number of hydrogen-bond donors (Lipinski definition) is 0. The molecule has 1 aromatic heterocycles. The average Bonchev–Trinajstić information content (AvgIpc) is 3.08. The fraction of sp³-hybridized carbons (Fsp3) is 0.286. The highest BCUT2D eigenvalue weighted by atomic mass is 35.5. The van der Waals surface area contributed by atoms with Gasteiger partial charge in [0.15, 0.2) is 5.13 Å². The molecule has 0 bridgehead atoms. The van der Waals surface area contributed by atoms with E-state index in [-0.39, 0.29) is 0 Å². The van der Waals surface area contributed by atoms with Gasteiger partial charge in [0.2, 0.25) is 0 Å². The molecule has 1 atom stereocenters. The van der Waals surface area contributed by atoms with Crippen molar-refractivity contribution in [3.05, 3.63) is 34.7 Å². The topological polar surface area (TPSA) is 56.3 Å². The summed E-state index contributed by atoms with van der Waals surface area (Å²) < 4.78 is 0. The summed E-state index contributed by atoms with van der Waals surface area (Å²) in [4.78, 5) is 17.5. The number of aliphatic carboxylic acids is 1. The standard InChI is InChI=1S/C14H13ClN2O2S/c15-10-5-3-9(4-6-10)11-8-20-14(16-11)17-7-1-2-12(17)13(18)19/h3-6,8,12H,1-2,7H2,(H,18,19)/p-1/t12-/m1/s1. The number of thiazole rings is 1. The number of hydrogen-bond acceptors (Lipinski definition) is 5. The van der Waals surface area contributed by atoms with E-state index in [0.29, 0.717) is 18.0 Å². The first-order valence-corrected chi connectivity index (χ1v) is 7.60. The molecule has 0 radical (unpaired) electrons. The van der Waals surface area contributed by atoms with E-state index < -0.39 is 12.0 Å². The quantitative estimate of drug-likeness (QED) is 0.872. The Hall–Kier alpha value is -1.59. The van der Waals surface area contributed by atoms with Gasteiger partial charge >= 0.3 is 0 Å². The molecule has 0 spiro atoms. The first-order valence-electron chi connectivity index (χ1n) is 6.34. The number of carbonyl (C=O) groups is 1. The van der Waals surface area contributed by atoms with E-state index >= 15 is 0 Å². The van der Waals surface area contributed by atoms with Crippen LogP contribution in [0.5, 0.6) is 0 Å². The van der Waals surface area contributed by atoms with Gasteiger partial charge in [-0.2, -0.15) is 0 Å². The second-order valence-corrected chi connectivity index (χ2v) is 5.97. The average molecular weight is 308 g/mol. The molecule has 2 aromatic rings. The van der Waals surface area contributed by atoms with Crippen LogP contribution in [0.1, 0.15) is 12.8 Å². The van der Waals surface area contributed by atoms with Gasteiger partial charge in [0.1, 0.15) is 0 Å². The molecule has 6 heteroatoms. The predicted molar refractivity (Wildman–Crippen MR) is 77.9 cm³/mol. The fourth-order valence-corrected chi connectivity index (χ4v) is 3.43. The Bertz CT molecular complexity index is 626. The Morgan fingerprint density at radius 1 is 1.40 bits per heavy atom. The highest BCUT2D eigenvalue weighted by Gasteiger charge is 2.27. The maximum atomic E-state index is 11.1. The zero-order valence-corrected chi connectivity index (χ0v) is 12.2. The van der Waals surface area contributed by atoms with Crippen LogP contribution in [0.4, 0.5) is 5.13 Å². The first kappa shape index (κ1) is 13.4. The largest absolute Gasteiger partial charge is 0.548 e. The Morgan fingerprint density at radius 3 is 2.85 bits per heavy atom. The summed E-state index contributed by atoms with van der Waals surface area (Å²) in [6, 6.07) is 6.88. The minimum Gasteiger partial charge on any atom is -0.548 e. The lowest BCUT2D eigenvalue weighted by molar-refractivity contribution is -0.307. The lowest BCUT2D eigenvalue weighted by Crippen LogP contribution is -2.44. The Balaban J connectivity index is 1.86. The minimum atomic E-state index is -1.02. The summed E-state index contributed by atoms with van der Waals surface area (Å²) in [5.74, 6) is -1.02. The fourth-order valence-electron chi connectivity index (χ4n) is 2.39. The van der Waals surface area contributed by atoms with Crippen LogP contribution in [0, 0.1) is 0 Å². The van der Waals surface area contributed by atoms with Crippen molar-refractivity contribution in [1.82, 2.24) is 4.98 Å². The van der Waals surface area contributed by atoms with E-state index in [1.54, 1.807) is 0 Å². The third-order valence-corrected chi connectivity index (χ3v) is 4.53. The molecule has 0 N–H and O–H groups in total.